The minimum atomic E-state index is -0.0606. The van der Waals surface area contributed by atoms with Crippen LogP contribution in [0.5, 0.6) is 10.9 Å². The lowest BCUT2D eigenvalue weighted by atomic mass is 10.2. The molecule has 0 aliphatic carbocycles. The summed E-state index contributed by atoms with van der Waals surface area (Å²) in [5.41, 5.74) is 0.631. The Hall–Kier alpha value is -1.92. The van der Waals surface area contributed by atoms with Gasteiger partial charge in [-0.15, -0.1) is 0 Å². The third-order valence-electron chi connectivity index (χ3n) is 2.80. The van der Waals surface area contributed by atoms with Gasteiger partial charge in [0.2, 0.25) is 0 Å². The molecule has 21 heavy (non-hydrogen) atoms. The Kier molecular flexibility index (Phi) is 5.71. The fourth-order valence-electron chi connectivity index (χ4n) is 1.74. The summed E-state index contributed by atoms with van der Waals surface area (Å²) in [6.45, 7) is 1.63. The number of benzene rings is 1. The van der Waals surface area contributed by atoms with Gasteiger partial charge in [-0.25, -0.2) is 4.98 Å². The molecule has 1 aromatic carbocycles. The predicted octanol–water partition coefficient (Wildman–Crippen LogP) is 2.62. The van der Waals surface area contributed by atoms with Gasteiger partial charge in [-0.3, -0.25) is 4.79 Å². The Bertz CT molecular complexity index is 553. The molecule has 1 aromatic heterocycles. The number of ether oxygens (including phenoxy) is 1. The van der Waals surface area contributed by atoms with Crippen LogP contribution in [0, 0.1) is 0 Å². The molecule has 0 atom stereocenters. The monoisotopic (exact) mass is 305 g/mol. The Morgan fingerprint density at radius 3 is 2.71 bits per heavy atom. The number of amides is 1. The van der Waals surface area contributed by atoms with Crippen molar-refractivity contribution in [1.29, 1.82) is 0 Å². The van der Waals surface area contributed by atoms with Crippen molar-refractivity contribution < 1.29 is 9.53 Å². The predicted molar refractivity (Wildman–Crippen MR) is 84.1 cm³/mol. The molecule has 0 aliphatic rings. The Morgan fingerprint density at radius 1 is 1.33 bits per heavy atom. The molecule has 1 amide bonds. The van der Waals surface area contributed by atoms with E-state index in [1.165, 1.54) is 11.3 Å². The summed E-state index contributed by atoms with van der Waals surface area (Å²) in [4.78, 5) is 18.1. The van der Waals surface area contributed by atoms with Crippen LogP contribution in [-0.4, -0.2) is 43.0 Å². The number of carbonyl (C=O) groups is 1. The topological polar surface area (TPSA) is 54.5 Å². The fraction of sp³-hybridized carbons (Fsp3) is 0.333. The van der Waals surface area contributed by atoms with E-state index in [0.717, 1.165) is 13.0 Å². The molecule has 1 heterocycles. The zero-order chi connectivity index (χ0) is 15.1. The van der Waals surface area contributed by atoms with Gasteiger partial charge in [-0.2, -0.15) is 0 Å². The molecule has 112 valence electrons. The minimum absolute atomic E-state index is 0.0606. The molecular weight excluding hydrogens is 286 g/mol. The zero-order valence-corrected chi connectivity index (χ0v) is 13.0. The van der Waals surface area contributed by atoms with E-state index in [-0.39, 0.29) is 5.91 Å². The SMILES string of the molecule is CN(C)CCCNC(=O)c1ccc(Oc2nccs2)cc1. The molecule has 0 unspecified atom stereocenters. The van der Waals surface area contributed by atoms with Crippen LogP contribution in [0.1, 0.15) is 16.8 Å². The second-order valence-electron chi connectivity index (χ2n) is 4.84. The van der Waals surface area contributed by atoms with Gasteiger partial charge in [-0.1, -0.05) is 11.3 Å². The second-order valence-corrected chi connectivity index (χ2v) is 5.69. The second kappa shape index (κ2) is 7.75. The average Bonchev–Trinajstić information content (AvgIpc) is 2.97. The summed E-state index contributed by atoms with van der Waals surface area (Å²) in [5, 5.41) is 5.35. The maximum atomic E-state index is 11.9. The number of hydrogen-bond acceptors (Lipinski definition) is 5. The molecule has 0 saturated heterocycles. The third-order valence-corrected chi connectivity index (χ3v) is 3.45. The van der Waals surface area contributed by atoms with E-state index in [4.69, 9.17) is 4.74 Å². The first-order valence-corrected chi connectivity index (χ1v) is 7.63. The molecule has 2 aromatic rings. The van der Waals surface area contributed by atoms with Crippen LogP contribution in [0.2, 0.25) is 0 Å². The van der Waals surface area contributed by atoms with Crippen LogP contribution in [0.4, 0.5) is 0 Å². The lowest BCUT2D eigenvalue weighted by Crippen LogP contribution is -2.27. The van der Waals surface area contributed by atoms with Gasteiger partial charge in [0.15, 0.2) is 0 Å². The molecule has 5 nitrogen and oxygen atoms in total. The summed E-state index contributed by atoms with van der Waals surface area (Å²) in [5.74, 6) is 0.615. The maximum Gasteiger partial charge on any atom is 0.278 e. The molecule has 0 saturated carbocycles. The molecule has 0 fully saturated rings. The molecule has 0 bridgehead atoms. The van der Waals surface area contributed by atoms with E-state index in [1.54, 1.807) is 30.5 Å². The van der Waals surface area contributed by atoms with Crippen LogP contribution in [-0.2, 0) is 0 Å². The van der Waals surface area contributed by atoms with Crippen molar-refractivity contribution in [3.05, 3.63) is 41.4 Å². The van der Waals surface area contributed by atoms with Gasteiger partial charge in [0.1, 0.15) is 5.75 Å². The van der Waals surface area contributed by atoms with Gasteiger partial charge in [0, 0.05) is 23.7 Å². The van der Waals surface area contributed by atoms with Crippen molar-refractivity contribution >= 4 is 17.2 Å². The molecule has 6 heteroatoms. The van der Waals surface area contributed by atoms with Crippen LogP contribution in [0.15, 0.2) is 35.8 Å². The highest BCUT2D eigenvalue weighted by Gasteiger charge is 2.06. The normalized spacial score (nSPS) is 10.6. The Labute approximate surface area is 128 Å². The van der Waals surface area contributed by atoms with Crippen molar-refractivity contribution in [1.82, 2.24) is 15.2 Å². The van der Waals surface area contributed by atoms with Crippen LogP contribution in [0.3, 0.4) is 0 Å². The van der Waals surface area contributed by atoms with E-state index in [9.17, 15) is 4.79 Å². The quantitative estimate of drug-likeness (QED) is 0.799. The van der Waals surface area contributed by atoms with E-state index in [0.29, 0.717) is 23.1 Å². The number of thiazole rings is 1. The van der Waals surface area contributed by atoms with Gasteiger partial charge in [0.25, 0.3) is 11.1 Å². The van der Waals surface area contributed by atoms with E-state index in [1.807, 2.05) is 19.5 Å². The zero-order valence-electron chi connectivity index (χ0n) is 12.2. The first-order valence-electron chi connectivity index (χ1n) is 6.75. The highest BCUT2D eigenvalue weighted by Crippen LogP contribution is 2.23. The molecular formula is C15H19N3O2S. The minimum Gasteiger partial charge on any atom is -0.431 e. The largest absolute Gasteiger partial charge is 0.431 e. The highest BCUT2D eigenvalue weighted by molar-refractivity contribution is 7.11. The summed E-state index contributed by atoms with van der Waals surface area (Å²) in [6, 6.07) is 7.06. The first-order chi connectivity index (χ1) is 10.1. The number of aromatic nitrogens is 1. The maximum absolute atomic E-state index is 11.9. The Morgan fingerprint density at radius 2 is 2.10 bits per heavy atom. The number of nitrogens with one attached hydrogen (secondary N) is 1. The lowest BCUT2D eigenvalue weighted by Gasteiger charge is -2.10. The van der Waals surface area contributed by atoms with E-state index in [2.05, 4.69) is 15.2 Å². The number of carbonyl (C=O) groups excluding carboxylic acids is 1. The van der Waals surface area contributed by atoms with Crippen LogP contribution >= 0.6 is 11.3 Å². The van der Waals surface area contributed by atoms with Crippen LogP contribution in [0.25, 0.3) is 0 Å². The first kappa shape index (κ1) is 15.5. The van der Waals surface area contributed by atoms with E-state index < -0.39 is 0 Å². The van der Waals surface area contributed by atoms with Crippen molar-refractivity contribution in [3.63, 3.8) is 0 Å². The smallest absolute Gasteiger partial charge is 0.278 e. The van der Waals surface area contributed by atoms with Crippen molar-refractivity contribution in [2.24, 2.45) is 0 Å². The summed E-state index contributed by atoms with van der Waals surface area (Å²) < 4.78 is 5.55. The lowest BCUT2D eigenvalue weighted by molar-refractivity contribution is 0.0952. The van der Waals surface area contributed by atoms with Crippen molar-refractivity contribution in [2.75, 3.05) is 27.2 Å². The highest BCUT2D eigenvalue weighted by atomic mass is 32.1. The summed E-state index contributed by atoms with van der Waals surface area (Å²) in [7, 11) is 4.03. The molecule has 0 aliphatic heterocycles. The van der Waals surface area contributed by atoms with Crippen molar-refractivity contribution in [3.8, 4) is 10.9 Å². The van der Waals surface area contributed by atoms with Gasteiger partial charge in [0.05, 0.1) is 0 Å². The summed E-state index contributed by atoms with van der Waals surface area (Å²) >= 11 is 1.43. The number of hydrogen-bond donors (Lipinski definition) is 1. The Balaban J connectivity index is 1.82. The molecule has 1 N–H and O–H groups in total. The standard InChI is InChI=1S/C15H19N3O2S/c1-18(2)10-3-8-16-14(19)12-4-6-13(7-5-12)20-15-17-9-11-21-15/h4-7,9,11H,3,8,10H2,1-2H3,(H,16,19). The van der Waals surface area contributed by atoms with Gasteiger partial charge < -0.3 is 15.0 Å². The molecule has 2 rings (SSSR count). The number of rotatable bonds is 7. The average molecular weight is 305 g/mol. The number of nitrogens with zero attached hydrogens (tertiary/aromatic N) is 2. The van der Waals surface area contributed by atoms with Gasteiger partial charge >= 0.3 is 0 Å². The molecule has 0 spiro atoms. The van der Waals surface area contributed by atoms with Crippen molar-refractivity contribution in [2.45, 2.75) is 6.42 Å². The fourth-order valence-corrected chi connectivity index (χ4v) is 2.24. The third kappa shape index (κ3) is 5.17. The van der Waals surface area contributed by atoms with E-state index >= 15 is 0 Å². The van der Waals surface area contributed by atoms with Gasteiger partial charge in [-0.05, 0) is 51.3 Å². The summed E-state index contributed by atoms with van der Waals surface area (Å²) in [6.07, 6.45) is 2.62. The molecule has 0 radical (unpaired) electrons. The van der Waals surface area contributed by atoms with Crippen LogP contribution < -0.4 is 10.1 Å².